The van der Waals surface area contributed by atoms with Gasteiger partial charge in [-0.2, -0.15) is 0 Å². The Morgan fingerprint density at radius 1 is 1.33 bits per heavy atom. The van der Waals surface area contributed by atoms with Crippen LogP contribution in [0.3, 0.4) is 0 Å². The molecule has 1 saturated carbocycles. The number of halogens is 3. The smallest absolute Gasteiger partial charge is 0.191 e. The molecule has 0 saturated heterocycles. The molecule has 0 amide bonds. The molecule has 1 fully saturated rings. The Morgan fingerprint density at radius 2 is 2.00 bits per heavy atom. The molecule has 0 radical (unpaired) electrons. The lowest BCUT2D eigenvalue weighted by atomic mass is 10.2. The summed E-state index contributed by atoms with van der Waals surface area (Å²) in [4.78, 5) is 0. The van der Waals surface area contributed by atoms with E-state index >= 15 is 0 Å². The average Bonchev–Trinajstić information content (AvgIpc) is 3.14. The summed E-state index contributed by atoms with van der Waals surface area (Å²) in [6.07, 6.45) is 3.73. The van der Waals surface area contributed by atoms with E-state index in [0.717, 1.165) is 12.8 Å². The van der Waals surface area contributed by atoms with Crippen molar-refractivity contribution in [2.75, 3.05) is 6.61 Å². The molecule has 0 heterocycles. The van der Waals surface area contributed by atoms with Crippen LogP contribution in [0.5, 0.6) is 5.75 Å². The Bertz CT molecular complexity index is 424. The fourth-order valence-electron chi connectivity index (χ4n) is 1.57. The van der Waals surface area contributed by atoms with Crippen LogP contribution in [0.1, 0.15) is 18.4 Å². The Balaban J connectivity index is 2.01. The normalized spacial score (nSPS) is 15.3. The molecule has 18 heavy (non-hydrogen) atoms. The highest BCUT2D eigenvalue weighted by Gasteiger charge is 2.20. The van der Waals surface area contributed by atoms with E-state index in [2.05, 4.69) is 5.32 Å². The molecule has 2 nitrogen and oxygen atoms in total. The number of nitrogens with one attached hydrogen (secondary N) is 1. The van der Waals surface area contributed by atoms with Crippen molar-refractivity contribution in [3.05, 3.63) is 40.9 Å². The van der Waals surface area contributed by atoms with E-state index in [4.69, 9.17) is 16.3 Å². The third-order valence-corrected chi connectivity index (χ3v) is 2.82. The van der Waals surface area contributed by atoms with Crippen molar-refractivity contribution in [3.63, 3.8) is 0 Å². The number of hydrogen-bond acceptors (Lipinski definition) is 2. The highest BCUT2D eigenvalue weighted by molar-refractivity contribution is 6.25. The first-order chi connectivity index (χ1) is 8.70. The average molecular weight is 274 g/mol. The molecule has 2 rings (SSSR count). The summed E-state index contributed by atoms with van der Waals surface area (Å²) >= 11 is 5.29. The SMILES string of the molecule is Fc1cc(CNC2CC2)cc(F)c1OCC=CCl. The van der Waals surface area contributed by atoms with Gasteiger partial charge in [-0.25, -0.2) is 8.78 Å². The van der Waals surface area contributed by atoms with Crippen LogP contribution in [0.2, 0.25) is 0 Å². The van der Waals surface area contributed by atoms with Crippen molar-refractivity contribution < 1.29 is 13.5 Å². The predicted octanol–water partition coefficient (Wildman–Crippen LogP) is 3.35. The second-order valence-corrected chi connectivity index (χ2v) is 4.47. The molecule has 1 aliphatic rings. The molecule has 98 valence electrons. The number of ether oxygens (including phenoxy) is 1. The predicted molar refractivity (Wildman–Crippen MR) is 66.7 cm³/mol. The lowest BCUT2D eigenvalue weighted by molar-refractivity contribution is 0.320. The minimum atomic E-state index is -0.689. The monoisotopic (exact) mass is 273 g/mol. The lowest BCUT2D eigenvalue weighted by Gasteiger charge is -2.09. The zero-order valence-electron chi connectivity index (χ0n) is 9.76. The fraction of sp³-hybridized carbons (Fsp3) is 0.385. The van der Waals surface area contributed by atoms with E-state index in [1.54, 1.807) is 0 Å². The summed E-state index contributed by atoms with van der Waals surface area (Å²) in [6.45, 7) is 0.511. The van der Waals surface area contributed by atoms with Crippen molar-refractivity contribution in [1.29, 1.82) is 0 Å². The van der Waals surface area contributed by atoms with Crippen LogP contribution < -0.4 is 10.1 Å². The first-order valence-electron chi connectivity index (χ1n) is 5.80. The van der Waals surface area contributed by atoms with Crippen molar-refractivity contribution in [2.24, 2.45) is 0 Å². The quantitative estimate of drug-likeness (QED) is 0.858. The largest absolute Gasteiger partial charge is 0.483 e. The summed E-state index contributed by atoms with van der Waals surface area (Å²) in [5.41, 5.74) is 1.82. The number of rotatable bonds is 6. The van der Waals surface area contributed by atoms with Crippen molar-refractivity contribution in [3.8, 4) is 5.75 Å². The van der Waals surface area contributed by atoms with Gasteiger partial charge >= 0.3 is 0 Å². The molecular weight excluding hydrogens is 260 g/mol. The van der Waals surface area contributed by atoms with E-state index in [0.29, 0.717) is 18.2 Å². The summed E-state index contributed by atoms with van der Waals surface area (Å²) in [5, 5.41) is 3.20. The zero-order chi connectivity index (χ0) is 13.0. The van der Waals surface area contributed by atoms with Gasteiger partial charge in [-0.15, -0.1) is 0 Å². The van der Waals surface area contributed by atoms with E-state index in [-0.39, 0.29) is 12.4 Å². The maximum Gasteiger partial charge on any atom is 0.191 e. The summed E-state index contributed by atoms with van der Waals surface area (Å²) < 4.78 is 32.2. The molecule has 0 unspecified atom stereocenters. The summed E-state index contributed by atoms with van der Waals surface area (Å²) in [6, 6.07) is 3.08. The van der Waals surface area contributed by atoms with Gasteiger partial charge in [0.05, 0.1) is 0 Å². The van der Waals surface area contributed by atoms with Gasteiger partial charge < -0.3 is 10.1 Å². The molecule has 1 N–H and O–H groups in total. The standard InChI is InChI=1S/C13H14ClF2NO/c14-4-1-5-18-13-11(15)6-9(7-12(13)16)8-17-10-2-3-10/h1,4,6-7,10,17H,2-3,5,8H2. The molecule has 0 aliphatic heterocycles. The van der Waals surface area contributed by atoms with Crippen molar-refractivity contribution in [1.82, 2.24) is 5.32 Å². The Morgan fingerprint density at radius 3 is 2.56 bits per heavy atom. The highest BCUT2D eigenvalue weighted by atomic mass is 35.5. The van der Waals surface area contributed by atoms with Gasteiger partial charge in [0.1, 0.15) is 6.61 Å². The van der Waals surface area contributed by atoms with Gasteiger partial charge in [-0.1, -0.05) is 11.6 Å². The Labute approximate surface area is 110 Å². The Kier molecular flexibility index (Phi) is 4.55. The first-order valence-corrected chi connectivity index (χ1v) is 6.23. The Hall–Kier alpha value is -1.13. The van der Waals surface area contributed by atoms with Gasteiger partial charge in [0.25, 0.3) is 0 Å². The number of benzene rings is 1. The van der Waals surface area contributed by atoms with Gasteiger partial charge in [0, 0.05) is 18.1 Å². The van der Waals surface area contributed by atoms with Crippen LogP contribution in [-0.4, -0.2) is 12.6 Å². The van der Waals surface area contributed by atoms with Gasteiger partial charge in [-0.05, 0) is 36.6 Å². The van der Waals surface area contributed by atoms with E-state index in [1.807, 2.05) is 0 Å². The van der Waals surface area contributed by atoms with Crippen LogP contribution >= 0.6 is 11.6 Å². The maximum atomic E-state index is 13.6. The van der Waals surface area contributed by atoms with Gasteiger partial charge in [0.15, 0.2) is 17.4 Å². The van der Waals surface area contributed by atoms with Gasteiger partial charge in [0.2, 0.25) is 0 Å². The maximum absolute atomic E-state index is 13.6. The lowest BCUT2D eigenvalue weighted by Crippen LogP contribution is -2.15. The summed E-state index contributed by atoms with van der Waals surface area (Å²) in [7, 11) is 0. The first kappa shape index (κ1) is 13.3. The van der Waals surface area contributed by atoms with Crippen LogP contribution in [0.4, 0.5) is 8.78 Å². The van der Waals surface area contributed by atoms with Gasteiger partial charge in [-0.3, -0.25) is 0 Å². The molecule has 1 aliphatic carbocycles. The minimum Gasteiger partial charge on any atom is -0.483 e. The fourth-order valence-corrected chi connectivity index (χ4v) is 1.64. The third kappa shape index (κ3) is 3.68. The minimum absolute atomic E-state index is 0.0387. The van der Waals surface area contributed by atoms with Crippen molar-refractivity contribution >= 4 is 11.6 Å². The van der Waals surface area contributed by atoms with E-state index in [9.17, 15) is 8.78 Å². The summed E-state index contributed by atoms with van der Waals surface area (Å²) in [5.74, 6) is -1.74. The molecule has 0 atom stereocenters. The van der Waals surface area contributed by atoms with Crippen molar-refractivity contribution in [2.45, 2.75) is 25.4 Å². The van der Waals surface area contributed by atoms with Crippen LogP contribution in [0.15, 0.2) is 23.7 Å². The molecule has 0 bridgehead atoms. The van der Waals surface area contributed by atoms with E-state index in [1.165, 1.54) is 23.7 Å². The number of hydrogen-bond donors (Lipinski definition) is 1. The van der Waals surface area contributed by atoms with Crippen LogP contribution in [0, 0.1) is 11.6 Å². The third-order valence-electron chi connectivity index (χ3n) is 2.64. The van der Waals surface area contributed by atoms with Crippen LogP contribution in [-0.2, 0) is 6.54 Å². The second-order valence-electron chi connectivity index (χ2n) is 4.22. The van der Waals surface area contributed by atoms with E-state index < -0.39 is 11.6 Å². The highest BCUT2D eigenvalue weighted by Crippen LogP contribution is 2.24. The molecule has 0 aromatic heterocycles. The second kappa shape index (κ2) is 6.16. The molecule has 5 heteroatoms. The van der Waals surface area contributed by atoms with Crippen LogP contribution in [0.25, 0.3) is 0 Å². The molecule has 0 spiro atoms. The molecule has 1 aromatic carbocycles. The zero-order valence-corrected chi connectivity index (χ0v) is 10.5. The topological polar surface area (TPSA) is 21.3 Å². The molecule has 1 aromatic rings. The molecular formula is C13H14ClF2NO.